The van der Waals surface area contributed by atoms with Crippen molar-refractivity contribution in [2.24, 2.45) is 5.92 Å². The van der Waals surface area contributed by atoms with Gasteiger partial charge < -0.3 is 14.7 Å². The van der Waals surface area contributed by atoms with E-state index in [1.165, 1.54) is 5.56 Å². The molecule has 1 unspecified atom stereocenters. The van der Waals surface area contributed by atoms with Gasteiger partial charge in [0.05, 0.1) is 0 Å². The first-order chi connectivity index (χ1) is 14.4. The van der Waals surface area contributed by atoms with Gasteiger partial charge in [-0.15, -0.1) is 0 Å². The molecule has 1 saturated heterocycles. The van der Waals surface area contributed by atoms with Crippen LogP contribution in [0.1, 0.15) is 45.1 Å². The van der Waals surface area contributed by atoms with E-state index in [1.807, 2.05) is 33.9 Å². The number of carbonyl (C=O) groups is 1. The quantitative estimate of drug-likeness (QED) is 0.593. The van der Waals surface area contributed by atoms with E-state index in [-0.39, 0.29) is 11.4 Å². The molecule has 0 saturated carbocycles. The lowest BCUT2D eigenvalue weighted by Crippen LogP contribution is -2.42. The molecule has 6 nitrogen and oxygen atoms in total. The van der Waals surface area contributed by atoms with E-state index >= 15 is 0 Å². The van der Waals surface area contributed by atoms with Gasteiger partial charge in [0, 0.05) is 36.1 Å². The molecule has 3 heterocycles. The van der Waals surface area contributed by atoms with Gasteiger partial charge in [-0.1, -0.05) is 38.1 Å². The number of hydrogen-bond donors (Lipinski definition) is 1. The molecule has 3 aromatic rings. The molecule has 0 aliphatic carbocycles. The highest BCUT2D eigenvalue weighted by Crippen LogP contribution is 2.25. The third-order valence-electron chi connectivity index (χ3n) is 5.52. The molecule has 7 heteroatoms. The summed E-state index contributed by atoms with van der Waals surface area (Å²) in [5.41, 5.74) is 3.16. The number of benzene rings is 1. The molecule has 2 aromatic heterocycles. The van der Waals surface area contributed by atoms with Crippen LogP contribution in [0.4, 0.5) is 10.5 Å². The zero-order chi connectivity index (χ0) is 21.1. The van der Waals surface area contributed by atoms with Crippen LogP contribution < -0.4 is 5.32 Å². The standard InChI is InChI=1S/C23H28N4O2S/c1-23(2,3)18-6-8-19(9-7-18)24-22(28)27-11-4-5-16(14-27)13-20-25-21(26-29-20)17-10-12-30-15-17/h6-10,12,15-16H,4-5,11,13-14H2,1-3H3,(H,24,28). The van der Waals surface area contributed by atoms with Crippen LogP contribution in [0.15, 0.2) is 45.6 Å². The van der Waals surface area contributed by atoms with Gasteiger partial charge in [-0.2, -0.15) is 16.3 Å². The number of aromatic nitrogens is 2. The number of likely N-dealkylation sites (tertiary alicyclic amines) is 1. The molecule has 0 spiro atoms. The Bertz CT molecular complexity index is 974. The van der Waals surface area contributed by atoms with E-state index < -0.39 is 0 Å². The van der Waals surface area contributed by atoms with Gasteiger partial charge in [-0.05, 0) is 53.3 Å². The predicted octanol–water partition coefficient (Wildman–Crippen LogP) is 5.58. The van der Waals surface area contributed by atoms with Crippen molar-refractivity contribution in [2.45, 2.75) is 45.4 Å². The molecular formula is C23H28N4O2S. The van der Waals surface area contributed by atoms with Crippen LogP contribution in [0.3, 0.4) is 0 Å². The molecule has 2 amide bonds. The summed E-state index contributed by atoms with van der Waals surface area (Å²) in [7, 11) is 0. The topological polar surface area (TPSA) is 71.3 Å². The minimum Gasteiger partial charge on any atom is -0.339 e. The largest absolute Gasteiger partial charge is 0.339 e. The van der Waals surface area contributed by atoms with Crippen molar-refractivity contribution in [1.82, 2.24) is 15.0 Å². The lowest BCUT2D eigenvalue weighted by atomic mass is 9.87. The van der Waals surface area contributed by atoms with Gasteiger partial charge in [0.1, 0.15) is 0 Å². The highest BCUT2D eigenvalue weighted by Gasteiger charge is 2.26. The zero-order valence-electron chi connectivity index (χ0n) is 17.7. The monoisotopic (exact) mass is 424 g/mol. The smallest absolute Gasteiger partial charge is 0.321 e. The number of rotatable bonds is 4. The summed E-state index contributed by atoms with van der Waals surface area (Å²) in [5.74, 6) is 1.60. The van der Waals surface area contributed by atoms with Crippen molar-refractivity contribution < 1.29 is 9.32 Å². The molecule has 1 aromatic carbocycles. The normalized spacial score (nSPS) is 17.2. The Morgan fingerprint density at radius 2 is 2.07 bits per heavy atom. The van der Waals surface area contributed by atoms with Crippen LogP contribution in [0.5, 0.6) is 0 Å². The molecule has 0 bridgehead atoms. The van der Waals surface area contributed by atoms with Gasteiger partial charge in [0.25, 0.3) is 0 Å². The first kappa shape index (κ1) is 20.6. The Balaban J connectivity index is 1.34. The third-order valence-corrected chi connectivity index (χ3v) is 6.20. The van der Waals surface area contributed by atoms with Crippen LogP contribution >= 0.6 is 11.3 Å². The van der Waals surface area contributed by atoms with Crippen molar-refractivity contribution in [1.29, 1.82) is 0 Å². The van der Waals surface area contributed by atoms with Crippen molar-refractivity contribution in [3.8, 4) is 11.4 Å². The molecule has 1 N–H and O–H groups in total. The summed E-state index contributed by atoms with van der Waals surface area (Å²) in [6.45, 7) is 8.01. The highest BCUT2D eigenvalue weighted by atomic mass is 32.1. The number of hydrogen-bond acceptors (Lipinski definition) is 5. The number of piperidine rings is 1. The number of urea groups is 1. The number of carbonyl (C=O) groups excluding carboxylic acids is 1. The SMILES string of the molecule is CC(C)(C)c1ccc(NC(=O)N2CCCC(Cc3nc(-c4ccsc4)no3)C2)cc1. The van der Waals surface area contributed by atoms with Gasteiger partial charge >= 0.3 is 6.03 Å². The minimum absolute atomic E-state index is 0.0484. The lowest BCUT2D eigenvalue weighted by molar-refractivity contribution is 0.173. The van der Waals surface area contributed by atoms with E-state index in [0.717, 1.165) is 30.6 Å². The number of nitrogens with zero attached hydrogens (tertiary/aromatic N) is 3. The predicted molar refractivity (Wildman–Crippen MR) is 120 cm³/mol. The summed E-state index contributed by atoms with van der Waals surface area (Å²) in [4.78, 5) is 19.2. The van der Waals surface area contributed by atoms with E-state index in [4.69, 9.17) is 4.52 Å². The van der Waals surface area contributed by atoms with Crippen LogP contribution in [0.25, 0.3) is 11.4 Å². The fraction of sp³-hybridized carbons (Fsp3) is 0.435. The molecule has 1 aliphatic heterocycles. The molecule has 0 radical (unpaired) electrons. The lowest BCUT2D eigenvalue weighted by Gasteiger charge is -2.32. The average molecular weight is 425 g/mol. The Labute approximate surface area is 181 Å². The van der Waals surface area contributed by atoms with Crippen molar-refractivity contribution in [3.05, 3.63) is 52.5 Å². The molecular weight excluding hydrogens is 396 g/mol. The van der Waals surface area contributed by atoms with E-state index in [9.17, 15) is 4.79 Å². The van der Waals surface area contributed by atoms with Crippen LogP contribution in [-0.2, 0) is 11.8 Å². The second-order valence-corrected chi connectivity index (χ2v) is 9.72. The summed E-state index contributed by atoms with van der Waals surface area (Å²) >= 11 is 1.61. The number of anilines is 1. The second-order valence-electron chi connectivity index (χ2n) is 8.94. The Hall–Kier alpha value is -2.67. The summed E-state index contributed by atoms with van der Waals surface area (Å²) in [6.07, 6.45) is 2.73. The summed E-state index contributed by atoms with van der Waals surface area (Å²) < 4.78 is 5.45. The fourth-order valence-electron chi connectivity index (χ4n) is 3.77. The fourth-order valence-corrected chi connectivity index (χ4v) is 4.40. The number of thiophene rings is 1. The van der Waals surface area contributed by atoms with E-state index in [2.05, 4.69) is 48.4 Å². The van der Waals surface area contributed by atoms with E-state index in [1.54, 1.807) is 11.3 Å². The van der Waals surface area contributed by atoms with E-state index in [0.29, 0.717) is 30.6 Å². The van der Waals surface area contributed by atoms with Gasteiger partial charge in [0.15, 0.2) is 0 Å². The third kappa shape index (κ3) is 4.90. The molecule has 1 atom stereocenters. The Morgan fingerprint density at radius 3 is 2.77 bits per heavy atom. The number of nitrogens with one attached hydrogen (secondary N) is 1. The molecule has 1 aliphatic rings. The van der Waals surface area contributed by atoms with Crippen LogP contribution in [0, 0.1) is 5.92 Å². The van der Waals surface area contributed by atoms with Crippen LogP contribution in [0.2, 0.25) is 0 Å². The molecule has 4 rings (SSSR count). The minimum atomic E-state index is -0.0484. The molecule has 1 fully saturated rings. The maximum Gasteiger partial charge on any atom is 0.321 e. The van der Waals surface area contributed by atoms with Gasteiger partial charge in [-0.3, -0.25) is 0 Å². The molecule has 30 heavy (non-hydrogen) atoms. The van der Waals surface area contributed by atoms with Crippen LogP contribution in [-0.4, -0.2) is 34.2 Å². The maximum absolute atomic E-state index is 12.8. The highest BCUT2D eigenvalue weighted by molar-refractivity contribution is 7.08. The Kier molecular flexibility index (Phi) is 5.90. The zero-order valence-corrected chi connectivity index (χ0v) is 18.5. The van der Waals surface area contributed by atoms with Crippen molar-refractivity contribution in [3.63, 3.8) is 0 Å². The Morgan fingerprint density at radius 1 is 1.27 bits per heavy atom. The first-order valence-electron chi connectivity index (χ1n) is 10.4. The van der Waals surface area contributed by atoms with Crippen molar-refractivity contribution >= 4 is 23.1 Å². The second kappa shape index (κ2) is 8.60. The summed E-state index contributed by atoms with van der Waals surface area (Å²) in [5, 5.41) is 11.1. The molecule has 158 valence electrons. The van der Waals surface area contributed by atoms with Gasteiger partial charge in [0.2, 0.25) is 11.7 Å². The first-order valence-corrected chi connectivity index (χ1v) is 11.3. The van der Waals surface area contributed by atoms with Gasteiger partial charge in [-0.25, -0.2) is 4.79 Å². The number of amides is 2. The maximum atomic E-state index is 12.8. The van der Waals surface area contributed by atoms with Crippen molar-refractivity contribution in [2.75, 3.05) is 18.4 Å². The summed E-state index contributed by atoms with van der Waals surface area (Å²) in [6, 6.07) is 10.0. The average Bonchev–Trinajstić information content (AvgIpc) is 3.40.